The molecule has 4 rings (SSSR count). The zero-order valence-electron chi connectivity index (χ0n) is 19.4. The van der Waals surface area contributed by atoms with E-state index in [4.69, 9.17) is 18.9 Å². The quantitative estimate of drug-likeness (QED) is 0.206. The van der Waals surface area contributed by atoms with Crippen LogP contribution in [-0.4, -0.2) is 41.3 Å². The molecule has 0 N–H and O–H groups in total. The van der Waals surface area contributed by atoms with E-state index in [0.29, 0.717) is 23.9 Å². The lowest BCUT2D eigenvalue weighted by Crippen LogP contribution is -2.12. The van der Waals surface area contributed by atoms with E-state index >= 15 is 0 Å². The van der Waals surface area contributed by atoms with Crippen LogP contribution in [0, 0.1) is 0 Å². The van der Waals surface area contributed by atoms with E-state index in [1.54, 1.807) is 26.0 Å². The zero-order chi connectivity index (χ0) is 23.8. The van der Waals surface area contributed by atoms with Gasteiger partial charge in [-0.1, -0.05) is 36.0 Å². The van der Waals surface area contributed by atoms with Gasteiger partial charge >= 0.3 is 0 Å². The van der Waals surface area contributed by atoms with Gasteiger partial charge in [-0.3, -0.25) is 4.57 Å². The summed E-state index contributed by atoms with van der Waals surface area (Å²) in [6, 6.07) is 25.1. The number of hydrogen-bond acceptors (Lipinski definition) is 7. The summed E-state index contributed by atoms with van der Waals surface area (Å²) in [6.45, 7) is 2.49. The molecule has 1 heterocycles. The number of nitrogens with zero attached hydrogens (tertiary/aromatic N) is 3. The minimum Gasteiger partial charge on any atom is -0.497 e. The molecule has 0 radical (unpaired) electrons. The Morgan fingerprint density at radius 2 is 1.50 bits per heavy atom. The van der Waals surface area contributed by atoms with E-state index in [-0.39, 0.29) is 6.10 Å². The molecule has 1 aromatic heterocycles. The molecule has 0 amide bonds. The van der Waals surface area contributed by atoms with Crippen molar-refractivity contribution in [1.82, 2.24) is 14.8 Å². The van der Waals surface area contributed by atoms with Crippen LogP contribution in [0.5, 0.6) is 23.0 Å². The summed E-state index contributed by atoms with van der Waals surface area (Å²) in [5.41, 5.74) is 0.974. The maximum Gasteiger partial charge on any atom is 0.196 e. The van der Waals surface area contributed by atoms with Crippen LogP contribution in [0.4, 0.5) is 0 Å². The SMILES string of the molecule is COc1ccc(OCCSc2nnc(C(C)Oc3cccc(OC)c3)n2-c2ccccc2)cc1. The van der Waals surface area contributed by atoms with Crippen molar-refractivity contribution in [2.24, 2.45) is 0 Å². The van der Waals surface area contributed by atoms with Crippen molar-refractivity contribution in [2.75, 3.05) is 26.6 Å². The third-order valence-electron chi connectivity index (χ3n) is 5.03. The maximum absolute atomic E-state index is 6.17. The summed E-state index contributed by atoms with van der Waals surface area (Å²) < 4.78 is 24.5. The average Bonchev–Trinajstić information content (AvgIpc) is 3.31. The number of aromatic nitrogens is 3. The lowest BCUT2D eigenvalue weighted by atomic mass is 10.3. The third-order valence-corrected chi connectivity index (χ3v) is 5.93. The first-order chi connectivity index (χ1) is 16.7. The topological polar surface area (TPSA) is 67.6 Å². The van der Waals surface area contributed by atoms with Gasteiger partial charge in [-0.25, -0.2) is 0 Å². The molecule has 34 heavy (non-hydrogen) atoms. The molecule has 0 aliphatic rings. The normalized spacial score (nSPS) is 11.6. The monoisotopic (exact) mass is 477 g/mol. The van der Waals surface area contributed by atoms with Crippen LogP contribution < -0.4 is 18.9 Å². The van der Waals surface area contributed by atoms with Crippen molar-refractivity contribution in [1.29, 1.82) is 0 Å². The summed E-state index contributed by atoms with van der Waals surface area (Å²) in [7, 11) is 3.28. The van der Waals surface area contributed by atoms with E-state index < -0.39 is 0 Å². The van der Waals surface area contributed by atoms with Gasteiger partial charge in [0.15, 0.2) is 17.1 Å². The molecule has 0 spiro atoms. The predicted octanol–water partition coefficient (Wildman–Crippen LogP) is 5.60. The van der Waals surface area contributed by atoms with E-state index in [1.165, 1.54) is 0 Å². The van der Waals surface area contributed by atoms with Crippen molar-refractivity contribution in [3.8, 4) is 28.7 Å². The van der Waals surface area contributed by atoms with Crippen LogP contribution in [-0.2, 0) is 0 Å². The summed E-state index contributed by atoms with van der Waals surface area (Å²) in [6.07, 6.45) is -0.329. The van der Waals surface area contributed by atoms with Crippen LogP contribution in [0.2, 0.25) is 0 Å². The summed E-state index contributed by atoms with van der Waals surface area (Å²) >= 11 is 1.58. The number of benzene rings is 3. The number of ether oxygens (including phenoxy) is 4. The van der Waals surface area contributed by atoms with E-state index in [9.17, 15) is 0 Å². The highest BCUT2D eigenvalue weighted by molar-refractivity contribution is 7.99. The molecular formula is C26H27N3O4S. The molecule has 0 fully saturated rings. The molecule has 0 bridgehead atoms. The molecule has 4 aromatic rings. The van der Waals surface area contributed by atoms with E-state index in [1.807, 2.05) is 90.4 Å². The second-order valence-electron chi connectivity index (χ2n) is 7.32. The maximum atomic E-state index is 6.17. The highest BCUT2D eigenvalue weighted by Crippen LogP contribution is 2.29. The smallest absolute Gasteiger partial charge is 0.196 e. The molecule has 176 valence electrons. The Hall–Kier alpha value is -3.65. The summed E-state index contributed by atoms with van der Waals surface area (Å²) in [5, 5.41) is 9.70. The average molecular weight is 478 g/mol. The number of rotatable bonds is 11. The first-order valence-electron chi connectivity index (χ1n) is 10.9. The van der Waals surface area contributed by atoms with Crippen LogP contribution >= 0.6 is 11.8 Å². The van der Waals surface area contributed by atoms with Crippen LogP contribution in [0.3, 0.4) is 0 Å². The van der Waals surface area contributed by atoms with Gasteiger partial charge < -0.3 is 18.9 Å². The molecular weight excluding hydrogens is 450 g/mol. The molecule has 0 saturated heterocycles. The van der Waals surface area contributed by atoms with Crippen molar-refractivity contribution >= 4 is 11.8 Å². The molecule has 7 nitrogen and oxygen atoms in total. The Balaban J connectivity index is 1.47. The molecule has 0 saturated carbocycles. The fraction of sp³-hybridized carbons (Fsp3) is 0.231. The third kappa shape index (κ3) is 5.82. The lowest BCUT2D eigenvalue weighted by molar-refractivity contribution is 0.212. The Labute approximate surface area is 203 Å². The summed E-state index contributed by atoms with van der Waals surface area (Å²) in [4.78, 5) is 0. The first kappa shape index (κ1) is 23.5. The molecule has 8 heteroatoms. The number of methoxy groups -OCH3 is 2. The Morgan fingerprint density at radius 3 is 2.24 bits per heavy atom. The van der Waals surface area contributed by atoms with Gasteiger partial charge in [0.25, 0.3) is 0 Å². The lowest BCUT2D eigenvalue weighted by Gasteiger charge is -2.17. The van der Waals surface area contributed by atoms with Crippen LogP contribution in [0.15, 0.2) is 84.0 Å². The highest BCUT2D eigenvalue weighted by Gasteiger charge is 2.21. The zero-order valence-corrected chi connectivity index (χ0v) is 20.2. The second-order valence-corrected chi connectivity index (χ2v) is 8.39. The highest BCUT2D eigenvalue weighted by atomic mass is 32.2. The minimum atomic E-state index is -0.329. The number of para-hydroxylation sites is 1. The van der Waals surface area contributed by atoms with E-state index in [2.05, 4.69) is 10.2 Å². The Kier molecular flexibility index (Phi) is 7.93. The Morgan fingerprint density at radius 1 is 0.794 bits per heavy atom. The Bertz CT molecular complexity index is 1180. The second kappa shape index (κ2) is 11.5. The number of hydrogen-bond donors (Lipinski definition) is 0. The van der Waals surface area contributed by atoms with Crippen molar-refractivity contribution in [2.45, 2.75) is 18.2 Å². The van der Waals surface area contributed by atoms with Crippen LogP contribution in [0.25, 0.3) is 5.69 Å². The van der Waals surface area contributed by atoms with Gasteiger partial charge in [-0.05, 0) is 55.5 Å². The van der Waals surface area contributed by atoms with Gasteiger partial charge in [0.1, 0.15) is 23.0 Å². The van der Waals surface area contributed by atoms with Gasteiger partial charge in [0.2, 0.25) is 0 Å². The standard InChI is InChI=1S/C26H27N3O4S/c1-19(33-24-11-7-10-23(18-24)31-3)25-27-28-26(29(25)20-8-5-4-6-9-20)34-17-16-32-22-14-12-21(30-2)13-15-22/h4-15,18-19H,16-17H2,1-3H3. The summed E-state index contributed by atoms with van der Waals surface area (Å²) in [5.74, 6) is 4.47. The molecule has 1 atom stereocenters. The molecule has 0 aliphatic heterocycles. The van der Waals surface area contributed by atoms with Crippen molar-refractivity contribution < 1.29 is 18.9 Å². The van der Waals surface area contributed by atoms with Crippen molar-refractivity contribution in [3.63, 3.8) is 0 Å². The molecule has 1 unspecified atom stereocenters. The first-order valence-corrected chi connectivity index (χ1v) is 11.9. The number of thioether (sulfide) groups is 1. The van der Waals surface area contributed by atoms with Gasteiger partial charge in [-0.15, -0.1) is 10.2 Å². The predicted molar refractivity (Wildman–Crippen MR) is 133 cm³/mol. The van der Waals surface area contributed by atoms with E-state index in [0.717, 1.165) is 28.1 Å². The van der Waals surface area contributed by atoms with Gasteiger partial charge in [0.05, 0.1) is 20.8 Å². The van der Waals surface area contributed by atoms with Gasteiger partial charge in [-0.2, -0.15) is 0 Å². The van der Waals surface area contributed by atoms with Gasteiger partial charge in [0, 0.05) is 17.5 Å². The largest absolute Gasteiger partial charge is 0.497 e. The fourth-order valence-electron chi connectivity index (χ4n) is 3.35. The molecule has 3 aromatic carbocycles. The molecule has 0 aliphatic carbocycles. The van der Waals surface area contributed by atoms with Crippen LogP contribution in [0.1, 0.15) is 18.9 Å². The van der Waals surface area contributed by atoms with Crippen molar-refractivity contribution in [3.05, 3.63) is 84.7 Å². The minimum absolute atomic E-state index is 0.329. The fourth-order valence-corrected chi connectivity index (χ4v) is 4.13.